The molecule has 0 amide bonds. The number of aromatic nitrogens is 3. The molecule has 0 spiro atoms. The number of nitrogens with zero attached hydrogens (tertiary/aromatic N) is 3. The van der Waals surface area contributed by atoms with E-state index in [1.54, 1.807) is 0 Å². The summed E-state index contributed by atoms with van der Waals surface area (Å²) in [7, 11) is 0. The molecule has 1 saturated carbocycles. The van der Waals surface area contributed by atoms with Gasteiger partial charge in [-0.3, -0.25) is 0 Å². The third-order valence-corrected chi connectivity index (χ3v) is 5.14. The van der Waals surface area contributed by atoms with Crippen molar-refractivity contribution in [2.24, 2.45) is 11.7 Å². The van der Waals surface area contributed by atoms with Crippen molar-refractivity contribution in [2.75, 3.05) is 0 Å². The minimum atomic E-state index is 0.463. The summed E-state index contributed by atoms with van der Waals surface area (Å²) in [6.07, 6.45) is 9.20. The number of hydrogen-bond acceptors (Lipinski definition) is 3. The molecule has 2 aromatic rings. The van der Waals surface area contributed by atoms with E-state index in [1.165, 1.54) is 55.3 Å². The summed E-state index contributed by atoms with van der Waals surface area (Å²) >= 11 is 0. The van der Waals surface area contributed by atoms with Crippen LogP contribution in [0, 0.1) is 19.8 Å². The summed E-state index contributed by atoms with van der Waals surface area (Å²) in [6, 6.07) is 6.48. The van der Waals surface area contributed by atoms with Gasteiger partial charge in [-0.25, -0.2) is 4.68 Å². The number of benzene rings is 1. The van der Waals surface area contributed by atoms with Crippen molar-refractivity contribution in [2.45, 2.75) is 65.3 Å². The lowest BCUT2D eigenvalue weighted by Crippen LogP contribution is -2.12. The standard InChI is InChI=1S/C19H28N4/c1-14-8-9-15(2)19(12-14)23-18(17(13-20)21-22-23)11-10-16-6-4-3-5-7-16/h8-9,12,16H,3-7,10-11,13,20H2,1-2H3. The van der Waals surface area contributed by atoms with Gasteiger partial charge < -0.3 is 5.73 Å². The van der Waals surface area contributed by atoms with Gasteiger partial charge in [0.05, 0.1) is 17.1 Å². The molecule has 1 fully saturated rings. The fourth-order valence-electron chi connectivity index (χ4n) is 3.70. The zero-order valence-corrected chi connectivity index (χ0v) is 14.4. The molecule has 0 radical (unpaired) electrons. The second-order valence-electron chi connectivity index (χ2n) is 6.93. The molecule has 0 unspecified atom stereocenters. The molecule has 0 bridgehead atoms. The maximum absolute atomic E-state index is 5.90. The maximum Gasteiger partial charge on any atom is 0.0999 e. The van der Waals surface area contributed by atoms with Gasteiger partial charge in [0.15, 0.2) is 0 Å². The van der Waals surface area contributed by atoms with Gasteiger partial charge in [0.1, 0.15) is 0 Å². The van der Waals surface area contributed by atoms with Crippen LogP contribution in [0.3, 0.4) is 0 Å². The number of hydrogen-bond donors (Lipinski definition) is 1. The minimum absolute atomic E-state index is 0.463. The van der Waals surface area contributed by atoms with E-state index in [4.69, 9.17) is 5.73 Å². The Kier molecular flexibility index (Phi) is 5.11. The molecule has 0 saturated heterocycles. The molecule has 2 N–H and O–H groups in total. The molecule has 23 heavy (non-hydrogen) atoms. The van der Waals surface area contributed by atoms with Gasteiger partial charge in [-0.2, -0.15) is 0 Å². The number of aryl methyl sites for hydroxylation is 2. The zero-order valence-electron chi connectivity index (χ0n) is 14.4. The van der Waals surface area contributed by atoms with Crippen LogP contribution in [-0.2, 0) is 13.0 Å². The Morgan fingerprint density at radius 2 is 1.96 bits per heavy atom. The fourth-order valence-corrected chi connectivity index (χ4v) is 3.70. The number of rotatable bonds is 5. The first-order valence-electron chi connectivity index (χ1n) is 8.90. The van der Waals surface area contributed by atoms with E-state index in [0.717, 1.165) is 23.7 Å². The third kappa shape index (κ3) is 3.63. The molecule has 1 aliphatic carbocycles. The molecule has 3 rings (SSSR count). The van der Waals surface area contributed by atoms with Crippen LogP contribution in [0.5, 0.6) is 0 Å². The third-order valence-electron chi connectivity index (χ3n) is 5.14. The lowest BCUT2D eigenvalue weighted by molar-refractivity contribution is 0.337. The van der Waals surface area contributed by atoms with Gasteiger partial charge in [0.25, 0.3) is 0 Å². The maximum atomic E-state index is 5.90. The molecule has 1 heterocycles. The summed E-state index contributed by atoms with van der Waals surface area (Å²) in [5, 5.41) is 8.74. The Bertz CT molecular complexity index is 653. The largest absolute Gasteiger partial charge is 0.325 e. The lowest BCUT2D eigenvalue weighted by atomic mass is 9.85. The molecule has 0 aliphatic heterocycles. The predicted molar refractivity (Wildman–Crippen MR) is 93.6 cm³/mol. The van der Waals surface area contributed by atoms with E-state index in [2.05, 4.69) is 42.4 Å². The van der Waals surface area contributed by atoms with Crippen molar-refractivity contribution in [3.05, 3.63) is 40.7 Å². The summed E-state index contributed by atoms with van der Waals surface area (Å²) in [4.78, 5) is 0. The highest BCUT2D eigenvalue weighted by Crippen LogP contribution is 2.28. The monoisotopic (exact) mass is 312 g/mol. The van der Waals surface area contributed by atoms with Gasteiger partial charge >= 0.3 is 0 Å². The second-order valence-corrected chi connectivity index (χ2v) is 6.93. The summed E-state index contributed by atoms with van der Waals surface area (Å²) in [5.74, 6) is 0.858. The van der Waals surface area contributed by atoms with Gasteiger partial charge in [-0.1, -0.05) is 49.5 Å². The second kappa shape index (κ2) is 7.26. The van der Waals surface area contributed by atoms with Crippen molar-refractivity contribution in [1.82, 2.24) is 15.0 Å². The van der Waals surface area contributed by atoms with E-state index in [0.29, 0.717) is 6.54 Å². The Labute approximate surface area is 139 Å². The van der Waals surface area contributed by atoms with Gasteiger partial charge in [-0.05, 0) is 49.8 Å². The first kappa shape index (κ1) is 16.2. The van der Waals surface area contributed by atoms with Crippen LogP contribution in [0.4, 0.5) is 0 Å². The molecular weight excluding hydrogens is 284 g/mol. The van der Waals surface area contributed by atoms with Gasteiger partial charge in [-0.15, -0.1) is 5.10 Å². The van der Waals surface area contributed by atoms with Crippen LogP contribution in [0.1, 0.15) is 61.0 Å². The van der Waals surface area contributed by atoms with Crippen molar-refractivity contribution in [3.8, 4) is 5.69 Å². The Morgan fingerprint density at radius 3 is 2.70 bits per heavy atom. The van der Waals surface area contributed by atoms with E-state index in [9.17, 15) is 0 Å². The Morgan fingerprint density at radius 1 is 1.17 bits per heavy atom. The molecule has 1 aliphatic rings. The van der Waals surface area contributed by atoms with Crippen LogP contribution >= 0.6 is 0 Å². The van der Waals surface area contributed by atoms with Crippen LogP contribution in [-0.4, -0.2) is 15.0 Å². The SMILES string of the molecule is Cc1ccc(C)c(-n2nnc(CN)c2CCC2CCCCC2)c1. The molecule has 1 aromatic heterocycles. The van der Waals surface area contributed by atoms with Crippen molar-refractivity contribution in [3.63, 3.8) is 0 Å². The molecule has 0 atom stereocenters. The van der Waals surface area contributed by atoms with Gasteiger partial charge in [0.2, 0.25) is 0 Å². The van der Waals surface area contributed by atoms with Crippen molar-refractivity contribution in [1.29, 1.82) is 0 Å². The predicted octanol–water partition coefficient (Wildman–Crippen LogP) is 3.86. The minimum Gasteiger partial charge on any atom is -0.325 e. The van der Waals surface area contributed by atoms with E-state index < -0.39 is 0 Å². The van der Waals surface area contributed by atoms with Crippen molar-refractivity contribution >= 4 is 0 Å². The molecule has 4 nitrogen and oxygen atoms in total. The average molecular weight is 312 g/mol. The normalized spacial score (nSPS) is 16.0. The highest BCUT2D eigenvalue weighted by atomic mass is 15.4. The van der Waals surface area contributed by atoms with Crippen LogP contribution in [0.2, 0.25) is 0 Å². The highest BCUT2D eigenvalue weighted by Gasteiger charge is 2.18. The molecule has 124 valence electrons. The molecule has 1 aromatic carbocycles. The first-order valence-corrected chi connectivity index (χ1v) is 8.90. The van der Waals surface area contributed by atoms with Crippen molar-refractivity contribution < 1.29 is 0 Å². The number of nitrogens with two attached hydrogens (primary N) is 1. The summed E-state index contributed by atoms with van der Waals surface area (Å²) in [6.45, 7) is 4.71. The van der Waals surface area contributed by atoms with Crippen LogP contribution < -0.4 is 5.73 Å². The van der Waals surface area contributed by atoms with E-state index >= 15 is 0 Å². The van der Waals surface area contributed by atoms with Crippen LogP contribution in [0.25, 0.3) is 5.69 Å². The Balaban J connectivity index is 1.86. The zero-order chi connectivity index (χ0) is 16.2. The topological polar surface area (TPSA) is 56.7 Å². The Hall–Kier alpha value is -1.68. The lowest BCUT2D eigenvalue weighted by Gasteiger charge is -2.21. The first-order chi connectivity index (χ1) is 11.2. The smallest absolute Gasteiger partial charge is 0.0999 e. The average Bonchev–Trinajstić information content (AvgIpc) is 2.99. The summed E-state index contributed by atoms with van der Waals surface area (Å²) in [5.41, 5.74) is 11.7. The molecule has 4 heteroatoms. The fraction of sp³-hybridized carbons (Fsp3) is 0.579. The van der Waals surface area contributed by atoms with E-state index in [1.807, 2.05) is 4.68 Å². The quantitative estimate of drug-likeness (QED) is 0.912. The van der Waals surface area contributed by atoms with Crippen LogP contribution in [0.15, 0.2) is 18.2 Å². The highest BCUT2D eigenvalue weighted by molar-refractivity contribution is 5.43. The van der Waals surface area contributed by atoms with E-state index in [-0.39, 0.29) is 0 Å². The summed E-state index contributed by atoms with van der Waals surface area (Å²) < 4.78 is 2.02. The molecular formula is C19H28N4. The van der Waals surface area contributed by atoms with Gasteiger partial charge in [0, 0.05) is 6.54 Å².